The van der Waals surface area contributed by atoms with E-state index >= 15 is 0 Å². The number of rotatable bonds is 10. The number of amides is 3. The van der Waals surface area contributed by atoms with E-state index in [2.05, 4.69) is 29.2 Å². The second-order valence-electron chi connectivity index (χ2n) is 17.1. The van der Waals surface area contributed by atoms with E-state index in [9.17, 15) is 22.8 Å². The van der Waals surface area contributed by atoms with Gasteiger partial charge >= 0.3 is 10.2 Å². The number of aryl methyl sites for hydroxylation is 1. The summed E-state index contributed by atoms with van der Waals surface area (Å²) >= 11 is 7.71. The molecule has 3 aliphatic heterocycles. The number of thiazole rings is 1. The third-order valence-electron chi connectivity index (χ3n) is 12.4. The van der Waals surface area contributed by atoms with Gasteiger partial charge in [-0.1, -0.05) is 50.4 Å². The maximum absolute atomic E-state index is 14.9. The summed E-state index contributed by atoms with van der Waals surface area (Å²) in [4.78, 5) is 55.3. The Morgan fingerprint density at radius 1 is 1.03 bits per heavy atom. The van der Waals surface area contributed by atoms with Gasteiger partial charge in [-0.3, -0.25) is 14.4 Å². The van der Waals surface area contributed by atoms with Crippen LogP contribution < -0.4 is 24.8 Å². The van der Waals surface area contributed by atoms with Crippen molar-refractivity contribution in [3.05, 3.63) is 76.3 Å². The van der Waals surface area contributed by atoms with Crippen molar-refractivity contribution in [3.63, 3.8) is 0 Å². The van der Waals surface area contributed by atoms with Gasteiger partial charge in [0, 0.05) is 58.5 Å². The SMILES string of the molecule is COc1ccc2c(O[C@@H]3C[C@H]4C(=O)N[C@]5(C(=O)NS(=O)(=O)N6CCCC6)C[C@H]5C=CCCCCC[C@H](Nc5ccc(Cl)cc5)C(=O)N4C3)cc(-c3nc(C(C)C)cs3)nc2c1C. The molecule has 2 aromatic heterocycles. The molecule has 14 nitrogen and oxygen atoms in total. The fourth-order valence-corrected chi connectivity index (χ4v) is 11.1. The number of ether oxygens (including phenoxy) is 2. The van der Waals surface area contributed by atoms with Crippen molar-refractivity contribution in [1.29, 1.82) is 0 Å². The maximum Gasteiger partial charge on any atom is 0.303 e. The molecule has 330 valence electrons. The largest absolute Gasteiger partial charge is 0.496 e. The Hall–Kier alpha value is -4.77. The van der Waals surface area contributed by atoms with E-state index in [0.717, 1.165) is 47.3 Å². The van der Waals surface area contributed by atoms with Gasteiger partial charge in [0.25, 0.3) is 5.91 Å². The lowest BCUT2D eigenvalue weighted by molar-refractivity contribution is -0.140. The van der Waals surface area contributed by atoms with E-state index in [1.54, 1.807) is 24.1 Å². The van der Waals surface area contributed by atoms with Crippen molar-refractivity contribution in [2.45, 2.75) is 108 Å². The molecular formula is C45H54ClN7O7S2. The van der Waals surface area contributed by atoms with Crippen LogP contribution in [0.3, 0.4) is 0 Å². The Morgan fingerprint density at radius 3 is 2.53 bits per heavy atom. The zero-order valence-electron chi connectivity index (χ0n) is 35.5. The summed E-state index contributed by atoms with van der Waals surface area (Å²) < 4.78 is 42.8. The summed E-state index contributed by atoms with van der Waals surface area (Å²) in [5.41, 5.74) is 2.28. The molecule has 0 radical (unpaired) electrons. The van der Waals surface area contributed by atoms with E-state index in [4.69, 9.17) is 31.0 Å². The average Bonchev–Trinajstić information content (AvgIpc) is 3.75. The minimum absolute atomic E-state index is 0.0740. The van der Waals surface area contributed by atoms with Gasteiger partial charge in [0.05, 0.1) is 24.9 Å². The standard InChI is InChI=1S/C45H54ClN7O7S2/c1-27(2)36-26-61-42(49-36)35-23-39(33-18-19-38(59-4)28(3)40(33)48-35)60-32-22-37-41(54)50-45(44(56)51-62(57,58)52-20-10-11-21-52)24-29(45)12-8-6-5-7-9-13-34(43(55)53(37)25-32)47-31-16-14-30(46)15-17-31/h8,12,14-19,23,26-27,29,32,34,37,47H,5-7,9-11,13,20-22,24-25H2,1-4H3,(H,50,54)(H,51,56)/t29-,32-,34+,37+,45-/m1/s1. The van der Waals surface area contributed by atoms with E-state index in [1.165, 1.54) is 15.6 Å². The molecule has 2 aromatic carbocycles. The van der Waals surface area contributed by atoms with Gasteiger partial charge in [0.1, 0.15) is 45.9 Å². The normalized spacial score (nSPS) is 24.8. The molecule has 1 aliphatic carbocycles. The molecule has 62 heavy (non-hydrogen) atoms. The number of carbonyl (C=O) groups is 3. The molecule has 0 spiro atoms. The molecule has 3 N–H and O–H groups in total. The van der Waals surface area contributed by atoms with Crippen molar-refractivity contribution >= 4 is 67.5 Å². The average molecular weight is 905 g/mol. The first kappa shape index (κ1) is 43.9. The van der Waals surface area contributed by atoms with E-state index in [1.807, 2.05) is 54.8 Å². The first-order valence-corrected chi connectivity index (χ1v) is 24.2. The van der Waals surface area contributed by atoms with Crippen molar-refractivity contribution in [1.82, 2.24) is 29.2 Å². The monoisotopic (exact) mass is 903 g/mol. The zero-order chi connectivity index (χ0) is 43.8. The molecule has 1 saturated carbocycles. The number of allylic oxidation sites excluding steroid dienone is 1. The number of halogens is 1. The fourth-order valence-electron chi connectivity index (χ4n) is 8.77. The molecule has 8 rings (SSSR count). The second-order valence-corrected chi connectivity index (χ2v) is 20.1. The number of hydrogen-bond donors (Lipinski definition) is 3. The molecule has 5 heterocycles. The predicted octanol–water partition coefficient (Wildman–Crippen LogP) is 7.13. The minimum Gasteiger partial charge on any atom is -0.496 e. The number of pyridine rings is 1. The lowest BCUT2D eigenvalue weighted by Gasteiger charge is -2.30. The van der Waals surface area contributed by atoms with Crippen molar-refractivity contribution in [2.24, 2.45) is 5.92 Å². The molecule has 3 amide bonds. The Kier molecular flexibility index (Phi) is 12.8. The summed E-state index contributed by atoms with van der Waals surface area (Å²) in [6.45, 7) is 6.83. The number of fused-ring (bicyclic) bond motifs is 3. The van der Waals surface area contributed by atoms with Gasteiger partial charge < -0.3 is 25.0 Å². The number of hydrogen-bond acceptors (Lipinski definition) is 11. The summed E-state index contributed by atoms with van der Waals surface area (Å²) in [6.07, 6.45) is 8.72. The van der Waals surface area contributed by atoms with Gasteiger partial charge in [-0.05, 0) is 87.8 Å². The van der Waals surface area contributed by atoms with Crippen LogP contribution in [0.2, 0.25) is 5.02 Å². The Balaban J connectivity index is 1.15. The smallest absolute Gasteiger partial charge is 0.303 e. The molecule has 2 saturated heterocycles. The number of aromatic nitrogens is 2. The Morgan fingerprint density at radius 2 is 1.81 bits per heavy atom. The number of methoxy groups -OCH3 is 1. The van der Waals surface area contributed by atoms with Gasteiger partial charge in [0.2, 0.25) is 11.8 Å². The van der Waals surface area contributed by atoms with Gasteiger partial charge in [-0.15, -0.1) is 11.3 Å². The van der Waals surface area contributed by atoms with Crippen LogP contribution in [0, 0.1) is 12.8 Å². The minimum atomic E-state index is -4.12. The van der Waals surface area contributed by atoms with Crippen LogP contribution in [0.25, 0.3) is 21.6 Å². The Labute approximate surface area is 372 Å². The van der Waals surface area contributed by atoms with Crippen molar-refractivity contribution in [2.75, 3.05) is 32.1 Å². The summed E-state index contributed by atoms with van der Waals surface area (Å²) in [5.74, 6) is -0.638. The Bertz CT molecular complexity index is 2470. The summed E-state index contributed by atoms with van der Waals surface area (Å²) in [6, 6.07) is 11.0. The molecule has 5 atom stereocenters. The number of benzene rings is 2. The quantitative estimate of drug-likeness (QED) is 0.139. The van der Waals surface area contributed by atoms with Crippen LogP contribution in [0.4, 0.5) is 5.69 Å². The number of nitrogens with zero attached hydrogens (tertiary/aromatic N) is 4. The van der Waals surface area contributed by atoms with Crippen LogP contribution in [-0.4, -0.2) is 95.8 Å². The molecule has 0 unspecified atom stereocenters. The maximum atomic E-state index is 14.9. The van der Waals surface area contributed by atoms with E-state index in [0.29, 0.717) is 65.8 Å². The second kappa shape index (κ2) is 18.1. The topological polar surface area (TPSA) is 172 Å². The highest BCUT2D eigenvalue weighted by atomic mass is 35.5. The summed E-state index contributed by atoms with van der Waals surface area (Å²) in [7, 11) is -2.51. The number of nitrogens with one attached hydrogen (secondary N) is 3. The first-order valence-electron chi connectivity index (χ1n) is 21.5. The van der Waals surface area contributed by atoms with Crippen molar-refractivity contribution in [3.8, 4) is 22.2 Å². The van der Waals surface area contributed by atoms with Crippen LogP contribution in [0.15, 0.2) is 60.0 Å². The highest BCUT2D eigenvalue weighted by Crippen LogP contribution is 2.46. The molecular weight excluding hydrogens is 850 g/mol. The zero-order valence-corrected chi connectivity index (χ0v) is 37.9. The third kappa shape index (κ3) is 9.15. The molecule has 0 bridgehead atoms. The van der Waals surface area contributed by atoms with Gasteiger partial charge in [-0.25, -0.2) is 14.7 Å². The third-order valence-corrected chi connectivity index (χ3v) is 15.1. The molecule has 4 aromatic rings. The summed E-state index contributed by atoms with van der Waals surface area (Å²) in [5, 5.41) is 10.5. The van der Waals surface area contributed by atoms with E-state index in [-0.39, 0.29) is 31.2 Å². The number of carbonyl (C=O) groups excluding carboxylic acids is 3. The van der Waals surface area contributed by atoms with Crippen LogP contribution in [0.1, 0.15) is 88.8 Å². The van der Waals surface area contributed by atoms with Gasteiger partial charge in [0.15, 0.2) is 0 Å². The lowest BCUT2D eigenvalue weighted by atomic mass is 10.0. The van der Waals surface area contributed by atoms with Crippen LogP contribution in [0.5, 0.6) is 11.5 Å². The van der Waals surface area contributed by atoms with Crippen LogP contribution in [-0.2, 0) is 24.6 Å². The van der Waals surface area contributed by atoms with Crippen molar-refractivity contribution < 1.29 is 32.3 Å². The molecule has 4 aliphatic rings. The van der Waals surface area contributed by atoms with E-state index < -0.39 is 51.7 Å². The molecule has 3 fully saturated rings. The van der Waals surface area contributed by atoms with Crippen LogP contribution >= 0.6 is 22.9 Å². The molecule has 17 heteroatoms. The predicted molar refractivity (Wildman–Crippen MR) is 241 cm³/mol. The highest BCUT2D eigenvalue weighted by molar-refractivity contribution is 7.87. The highest BCUT2D eigenvalue weighted by Gasteiger charge is 2.62. The fraction of sp³-hybridized carbons (Fsp3) is 0.489. The first-order chi connectivity index (χ1) is 29.8. The van der Waals surface area contributed by atoms with Gasteiger partial charge in [-0.2, -0.15) is 12.7 Å². The number of anilines is 1. The lowest BCUT2D eigenvalue weighted by Crippen LogP contribution is -2.58.